The van der Waals surface area contributed by atoms with E-state index >= 15 is 0 Å². The van der Waals surface area contributed by atoms with E-state index in [0.717, 1.165) is 12.8 Å². The van der Waals surface area contributed by atoms with Crippen molar-refractivity contribution in [1.29, 1.82) is 5.26 Å². The van der Waals surface area contributed by atoms with Crippen molar-refractivity contribution in [3.8, 4) is 6.07 Å². The van der Waals surface area contributed by atoms with Gasteiger partial charge in [0, 0.05) is 18.0 Å². The van der Waals surface area contributed by atoms with Crippen LogP contribution in [0.15, 0.2) is 0 Å². The minimum Gasteiger partial charge on any atom is -0.338 e. The molecule has 1 aliphatic rings. The van der Waals surface area contributed by atoms with Crippen LogP contribution >= 0.6 is 0 Å². The molecule has 1 saturated carbocycles. The largest absolute Gasteiger partial charge is 0.338 e. The van der Waals surface area contributed by atoms with E-state index in [0.29, 0.717) is 19.0 Å². The van der Waals surface area contributed by atoms with Crippen LogP contribution in [-0.4, -0.2) is 23.4 Å². The third kappa shape index (κ3) is 3.23. The van der Waals surface area contributed by atoms with Crippen LogP contribution in [0.1, 0.15) is 52.9 Å². The Kier molecular flexibility index (Phi) is 4.35. The van der Waals surface area contributed by atoms with Gasteiger partial charge >= 0.3 is 0 Å². The van der Waals surface area contributed by atoms with Crippen LogP contribution in [0.25, 0.3) is 0 Å². The Morgan fingerprint density at radius 1 is 1.38 bits per heavy atom. The Morgan fingerprint density at radius 2 is 1.94 bits per heavy atom. The average molecular weight is 222 g/mol. The summed E-state index contributed by atoms with van der Waals surface area (Å²) in [6.07, 6.45) is 5.08. The molecule has 0 aromatic rings. The van der Waals surface area contributed by atoms with Crippen LogP contribution in [-0.2, 0) is 4.79 Å². The minimum atomic E-state index is -0.335. The molecule has 0 aliphatic heterocycles. The van der Waals surface area contributed by atoms with Crippen LogP contribution in [0, 0.1) is 16.7 Å². The smallest absolute Gasteiger partial charge is 0.228 e. The summed E-state index contributed by atoms with van der Waals surface area (Å²) in [7, 11) is 0. The summed E-state index contributed by atoms with van der Waals surface area (Å²) in [5.41, 5.74) is -0.335. The van der Waals surface area contributed by atoms with Gasteiger partial charge < -0.3 is 4.90 Å². The van der Waals surface area contributed by atoms with Gasteiger partial charge in [0.2, 0.25) is 5.91 Å². The number of rotatable bonds is 3. The van der Waals surface area contributed by atoms with Gasteiger partial charge in [-0.2, -0.15) is 5.26 Å². The third-order valence-electron chi connectivity index (χ3n) is 3.13. The van der Waals surface area contributed by atoms with Crippen molar-refractivity contribution in [2.24, 2.45) is 5.41 Å². The molecule has 0 radical (unpaired) electrons. The SMILES string of the molecule is CC(C)(C)C(=O)N(CCC#N)C1CCCC1. The lowest BCUT2D eigenvalue weighted by Gasteiger charge is -2.33. The van der Waals surface area contributed by atoms with E-state index < -0.39 is 0 Å². The highest BCUT2D eigenvalue weighted by molar-refractivity contribution is 5.81. The van der Waals surface area contributed by atoms with Gasteiger partial charge in [-0.3, -0.25) is 4.79 Å². The maximum atomic E-state index is 12.3. The number of nitrogens with zero attached hydrogens (tertiary/aromatic N) is 2. The highest BCUT2D eigenvalue weighted by Gasteiger charge is 2.32. The lowest BCUT2D eigenvalue weighted by molar-refractivity contribution is -0.141. The van der Waals surface area contributed by atoms with Crippen LogP contribution in [0.2, 0.25) is 0 Å². The van der Waals surface area contributed by atoms with E-state index in [1.54, 1.807) is 0 Å². The number of nitriles is 1. The highest BCUT2D eigenvalue weighted by Crippen LogP contribution is 2.27. The van der Waals surface area contributed by atoms with Crippen molar-refractivity contribution in [2.45, 2.75) is 58.9 Å². The Balaban J connectivity index is 2.70. The number of hydrogen-bond acceptors (Lipinski definition) is 2. The third-order valence-corrected chi connectivity index (χ3v) is 3.13. The zero-order chi connectivity index (χ0) is 12.2. The fraction of sp³-hybridized carbons (Fsp3) is 0.846. The maximum Gasteiger partial charge on any atom is 0.228 e. The Hall–Kier alpha value is -1.04. The zero-order valence-corrected chi connectivity index (χ0v) is 10.6. The molecule has 3 nitrogen and oxygen atoms in total. The standard InChI is InChI=1S/C13H22N2O/c1-13(2,3)12(16)15(10-6-9-14)11-7-4-5-8-11/h11H,4-8,10H2,1-3H3. The van der Waals surface area contributed by atoms with Crippen molar-refractivity contribution >= 4 is 5.91 Å². The maximum absolute atomic E-state index is 12.3. The van der Waals surface area contributed by atoms with Gasteiger partial charge in [0.1, 0.15) is 0 Å². The van der Waals surface area contributed by atoms with E-state index in [2.05, 4.69) is 6.07 Å². The summed E-state index contributed by atoms with van der Waals surface area (Å²) in [6, 6.07) is 2.51. The van der Waals surface area contributed by atoms with Crippen molar-refractivity contribution in [1.82, 2.24) is 4.90 Å². The predicted molar refractivity (Wildman–Crippen MR) is 63.7 cm³/mol. The fourth-order valence-electron chi connectivity index (χ4n) is 2.27. The topological polar surface area (TPSA) is 44.1 Å². The van der Waals surface area contributed by atoms with Crippen molar-refractivity contribution in [3.63, 3.8) is 0 Å². The molecule has 0 bridgehead atoms. The molecule has 0 aromatic heterocycles. The Morgan fingerprint density at radius 3 is 2.38 bits per heavy atom. The van der Waals surface area contributed by atoms with Crippen molar-refractivity contribution in [3.05, 3.63) is 0 Å². The summed E-state index contributed by atoms with van der Waals surface area (Å²) in [5, 5.41) is 8.65. The van der Waals surface area contributed by atoms with E-state index in [1.165, 1.54) is 12.8 Å². The first-order chi connectivity index (χ1) is 7.46. The fourth-order valence-corrected chi connectivity index (χ4v) is 2.27. The molecule has 0 unspecified atom stereocenters. The normalized spacial score (nSPS) is 17.1. The summed E-state index contributed by atoms with van der Waals surface area (Å²) in [5.74, 6) is 0.189. The molecule has 0 heterocycles. The molecule has 0 atom stereocenters. The molecule has 16 heavy (non-hydrogen) atoms. The van der Waals surface area contributed by atoms with E-state index in [-0.39, 0.29) is 11.3 Å². The molecule has 0 saturated heterocycles. The molecular formula is C13H22N2O. The molecule has 0 N–H and O–H groups in total. The second-order valence-corrected chi connectivity index (χ2v) is 5.59. The second-order valence-electron chi connectivity index (χ2n) is 5.59. The monoisotopic (exact) mass is 222 g/mol. The highest BCUT2D eigenvalue weighted by atomic mass is 16.2. The average Bonchev–Trinajstić information content (AvgIpc) is 2.70. The molecule has 1 aliphatic carbocycles. The number of hydrogen-bond donors (Lipinski definition) is 0. The molecule has 1 fully saturated rings. The van der Waals surface area contributed by atoms with Gasteiger partial charge in [-0.15, -0.1) is 0 Å². The number of carbonyl (C=O) groups excluding carboxylic acids is 1. The Bertz CT molecular complexity index is 279. The molecule has 0 spiro atoms. The molecule has 3 heteroatoms. The zero-order valence-electron chi connectivity index (χ0n) is 10.6. The van der Waals surface area contributed by atoms with Gasteiger partial charge in [0.05, 0.1) is 12.5 Å². The van der Waals surface area contributed by atoms with E-state index in [4.69, 9.17) is 5.26 Å². The summed E-state index contributed by atoms with van der Waals surface area (Å²) in [4.78, 5) is 14.2. The summed E-state index contributed by atoms with van der Waals surface area (Å²) < 4.78 is 0. The van der Waals surface area contributed by atoms with Crippen LogP contribution < -0.4 is 0 Å². The first kappa shape index (κ1) is 13.0. The van der Waals surface area contributed by atoms with Crippen molar-refractivity contribution < 1.29 is 4.79 Å². The minimum absolute atomic E-state index is 0.189. The van der Waals surface area contributed by atoms with Gasteiger partial charge in [-0.05, 0) is 12.8 Å². The lowest BCUT2D eigenvalue weighted by atomic mass is 9.93. The lowest BCUT2D eigenvalue weighted by Crippen LogP contribution is -2.45. The molecule has 1 rings (SSSR count). The first-order valence-corrected chi connectivity index (χ1v) is 6.15. The molecule has 1 amide bonds. The van der Waals surface area contributed by atoms with Gasteiger partial charge in [-0.1, -0.05) is 33.6 Å². The quantitative estimate of drug-likeness (QED) is 0.737. The van der Waals surface area contributed by atoms with Crippen LogP contribution in [0.3, 0.4) is 0 Å². The molecule has 0 aromatic carbocycles. The molecule has 90 valence electrons. The van der Waals surface area contributed by atoms with Gasteiger partial charge in [-0.25, -0.2) is 0 Å². The first-order valence-electron chi connectivity index (χ1n) is 6.15. The van der Waals surface area contributed by atoms with Gasteiger partial charge in [0.15, 0.2) is 0 Å². The Labute approximate surface area is 98.4 Å². The predicted octanol–water partition coefficient (Wildman–Crippen LogP) is 2.72. The van der Waals surface area contributed by atoms with E-state index in [9.17, 15) is 4.79 Å². The van der Waals surface area contributed by atoms with Crippen LogP contribution in [0.5, 0.6) is 0 Å². The number of carbonyl (C=O) groups is 1. The van der Waals surface area contributed by atoms with E-state index in [1.807, 2.05) is 25.7 Å². The second kappa shape index (κ2) is 5.34. The summed E-state index contributed by atoms with van der Waals surface area (Å²) in [6.45, 7) is 6.44. The van der Waals surface area contributed by atoms with Gasteiger partial charge in [0.25, 0.3) is 0 Å². The summed E-state index contributed by atoms with van der Waals surface area (Å²) >= 11 is 0. The van der Waals surface area contributed by atoms with Crippen molar-refractivity contribution in [2.75, 3.05) is 6.54 Å². The molecular weight excluding hydrogens is 200 g/mol. The van der Waals surface area contributed by atoms with Crippen LogP contribution in [0.4, 0.5) is 0 Å². The number of amides is 1.